The van der Waals surface area contributed by atoms with E-state index in [1.807, 2.05) is 48.5 Å². The Hall–Kier alpha value is -6.91. The summed E-state index contributed by atoms with van der Waals surface area (Å²) >= 11 is 0. The minimum atomic E-state index is 0.689. The largest absolute Gasteiger partial charge is 0.455 e. The fourth-order valence-corrected chi connectivity index (χ4v) is 7.17. The van der Waals surface area contributed by atoms with Gasteiger partial charge in [0, 0.05) is 33.0 Å². The zero-order valence-corrected chi connectivity index (χ0v) is 27.5. The Balaban J connectivity index is 1.10. The van der Waals surface area contributed by atoms with E-state index in [1.165, 1.54) is 10.8 Å². The summed E-state index contributed by atoms with van der Waals surface area (Å²) in [4.78, 5) is 15.4. The monoisotopic (exact) mass is 651 g/mol. The number of nitrogens with zero attached hydrogens (tertiary/aromatic N) is 3. The number of pyridine rings is 1. The summed E-state index contributed by atoms with van der Waals surface area (Å²) in [5.74, 6) is 0.689. The standard InChI is InChI=1S/C47H29N3O/c1-3-13-32(14-4-1)41-29-42(33-15-5-2-6-16-33)50-47(49-41)34-24-22-30(23-25-34)35-26-27-40-39(28-35)46-44(38-19-9-10-21-43(38)51-46)45(48-40)37-20-11-17-31-12-7-8-18-36(31)37/h1-29H. The minimum absolute atomic E-state index is 0.689. The van der Waals surface area contributed by atoms with E-state index in [-0.39, 0.29) is 0 Å². The van der Waals surface area contributed by atoms with Crippen molar-refractivity contribution >= 4 is 43.6 Å². The van der Waals surface area contributed by atoms with Gasteiger partial charge in [-0.25, -0.2) is 15.0 Å². The van der Waals surface area contributed by atoms with Gasteiger partial charge in [0.15, 0.2) is 5.82 Å². The smallest absolute Gasteiger partial charge is 0.160 e. The van der Waals surface area contributed by atoms with Gasteiger partial charge in [0.1, 0.15) is 11.2 Å². The van der Waals surface area contributed by atoms with Gasteiger partial charge in [-0.1, -0.05) is 152 Å². The van der Waals surface area contributed by atoms with Gasteiger partial charge in [-0.05, 0) is 46.2 Å². The van der Waals surface area contributed by atoms with Crippen LogP contribution in [0.25, 0.3) is 99.9 Å². The van der Waals surface area contributed by atoms with Gasteiger partial charge in [0.05, 0.1) is 28.0 Å². The predicted molar refractivity (Wildman–Crippen MR) is 209 cm³/mol. The van der Waals surface area contributed by atoms with E-state index < -0.39 is 0 Å². The molecule has 0 atom stereocenters. The molecule has 7 aromatic carbocycles. The van der Waals surface area contributed by atoms with Gasteiger partial charge in [-0.3, -0.25) is 0 Å². The Kier molecular flexibility index (Phi) is 6.78. The Morgan fingerprint density at radius 2 is 1.00 bits per heavy atom. The van der Waals surface area contributed by atoms with Crippen LogP contribution in [-0.2, 0) is 0 Å². The third-order valence-corrected chi connectivity index (χ3v) is 9.69. The third-order valence-electron chi connectivity index (χ3n) is 9.69. The second-order valence-corrected chi connectivity index (χ2v) is 12.8. The van der Waals surface area contributed by atoms with E-state index in [2.05, 4.69) is 127 Å². The van der Waals surface area contributed by atoms with Crippen molar-refractivity contribution in [2.45, 2.75) is 0 Å². The SMILES string of the molecule is c1ccc(-c2cc(-c3ccccc3)nc(-c3ccc(-c4ccc5nc(-c6cccc7ccccc67)c6c7ccccc7oc6c5c4)cc3)n2)cc1. The zero-order valence-electron chi connectivity index (χ0n) is 27.5. The number of benzene rings is 7. The number of hydrogen-bond acceptors (Lipinski definition) is 4. The summed E-state index contributed by atoms with van der Waals surface area (Å²) in [7, 11) is 0. The summed E-state index contributed by atoms with van der Waals surface area (Å²) in [6.45, 7) is 0. The molecule has 3 heterocycles. The Bertz CT molecular complexity index is 2830. The van der Waals surface area contributed by atoms with Crippen molar-refractivity contribution in [1.29, 1.82) is 0 Å². The predicted octanol–water partition coefficient (Wildman–Crippen LogP) is 12.4. The Morgan fingerprint density at radius 3 is 1.75 bits per heavy atom. The maximum absolute atomic E-state index is 6.65. The Labute approximate surface area is 294 Å². The number of furan rings is 1. The molecule has 4 nitrogen and oxygen atoms in total. The number of rotatable bonds is 5. The summed E-state index contributed by atoms with van der Waals surface area (Å²) < 4.78 is 6.65. The minimum Gasteiger partial charge on any atom is -0.455 e. The molecule has 51 heavy (non-hydrogen) atoms. The first-order valence-electron chi connectivity index (χ1n) is 17.1. The molecule has 10 rings (SSSR count). The van der Waals surface area contributed by atoms with Crippen LogP contribution in [0.3, 0.4) is 0 Å². The summed E-state index contributed by atoms with van der Waals surface area (Å²) in [6, 6.07) is 60.7. The molecule has 0 fully saturated rings. The zero-order chi connectivity index (χ0) is 33.7. The lowest BCUT2D eigenvalue weighted by Crippen LogP contribution is -1.96. The molecule has 0 aliphatic heterocycles. The van der Waals surface area contributed by atoms with Gasteiger partial charge in [0.2, 0.25) is 0 Å². The fourth-order valence-electron chi connectivity index (χ4n) is 7.17. The summed E-state index contributed by atoms with van der Waals surface area (Å²) in [6.07, 6.45) is 0. The second kappa shape index (κ2) is 11.9. The fraction of sp³-hybridized carbons (Fsp3) is 0. The Morgan fingerprint density at radius 1 is 0.392 bits per heavy atom. The summed E-state index contributed by atoms with van der Waals surface area (Å²) in [5.41, 5.74) is 11.6. The highest BCUT2D eigenvalue weighted by Gasteiger charge is 2.20. The molecule has 3 aromatic heterocycles. The number of fused-ring (bicyclic) bond motifs is 6. The second-order valence-electron chi connectivity index (χ2n) is 12.8. The lowest BCUT2D eigenvalue weighted by molar-refractivity contribution is 0.672. The first kappa shape index (κ1) is 29.0. The van der Waals surface area contributed by atoms with Crippen LogP contribution in [0.5, 0.6) is 0 Å². The van der Waals surface area contributed by atoms with Crippen molar-refractivity contribution in [3.63, 3.8) is 0 Å². The molecule has 0 N–H and O–H groups in total. The van der Waals surface area contributed by atoms with Crippen molar-refractivity contribution in [3.05, 3.63) is 176 Å². The first-order valence-corrected chi connectivity index (χ1v) is 17.1. The maximum atomic E-state index is 6.65. The van der Waals surface area contributed by atoms with Gasteiger partial charge < -0.3 is 4.42 Å². The van der Waals surface area contributed by atoms with Gasteiger partial charge in [-0.2, -0.15) is 0 Å². The molecule has 0 radical (unpaired) electrons. The lowest BCUT2D eigenvalue weighted by atomic mass is 9.96. The molecule has 0 aliphatic carbocycles. The molecule has 0 spiro atoms. The van der Waals surface area contributed by atoms with E-state index in [0.29, 0.717) is 5.82 Å². The van der Waals surface area contributed by atoms with Crippen LogP contribution >= 0.6 is 0 Å². The number of para-hydroxylation sites is 1. The van der Waals surface area contributed by atoms with Crippen LogP contribution < -0.4 is 0 Å². The maximum Gasteiger partial charge on any atom is 0.160 e. The molecule has 10 aromatic rings. The molecular formula is C47H29N3O. The topological polar surface area (TPSA) is 51.8 Å². The van der Waals surface area contributed by atoms with E-state index in [9.17, 15) is 0 Å². The van der Waals surface area contributed by atoms with Crippen LogP contribution in [0.2, 0.25) is 0 Å². The van der Waals surface area contributed by atoms with Crippen molar-refractivity contribution < 1.29 is 4.42 Å². The van der Waals surface area contributed by atoms with Gasteiger partial charge in [-0.15, -0.1) is 0 Å². The molecule has 0 bridgehead atoms. The molecule has 0 saturated heterocycles. The van der Waals surface area contributed by atoms with E-state index in [1.54, 1.807) is 0 Å². The molecular weight excluding hydrogens is 623 g/mol. The van der Waals surface area contributed by atoms with Crippen LogP contribution in [0.4, 0.5) is 0 Å². The van der Waals surface area contributed by atoms with Crippen LogP contribution in [0, 0.1) is 0 Å². The quantitative estimate of drug-likeness (QED) is 0.186. The third kappa shape index (κ3) is 5.04. The van der Waals surface area contributed by atoms with Gasteiger partial charge >= 0.3 is 0 Å². The van der Waals surface area contributed by atoms with Crippen molar-refractivity contribution in [2.75, 3.05) is 0 Å². The highest BCUT2D eigenvalue weighted by molar-refractivity contribution is 6.21. The molecule has 238 valence electrons. The van der Waals surface area contributed by atoms with Crippen LogP contribution in [0.15, 0.2) is 180 Å². The van der Waals surface area contributed by atoms with Crippen molar-refractivity contribution in [3.8, 4) is 56.3 Å². The molecule has 0 unspecified atom stereocenters. The summed E-state index contributed by atoms with van der Waals surface area (Å²) in [5, 5.41) is 5.44. The highest BCUT2D eigenvalue weighted by Crippen LogP contribution is 2.42. The van der Waals surface area contributed by atoms with Gasteiger partial charge in [0.25, 0.3) is 0 Å². The number of hydrogen-bond donors (Lipinski definition) is 0. The molecule has 0 amide bonds. The average Bonchev–Trinajstić information content (AvgIpc) is 3.61. The van der Waals surface area contributed by atoms with E-state index in [4.69, 9.17) is 19.4 Å². The average molecular weight is 652 g/mol. The van der Waals surface area contributed by atoms with Crippen molar-refractivity contribution in [1.82, 2.24) is 15.0 Å². The molecule has 0 aliphatic rings. The lowest BCUT2D eigenvalue weighted by Gasteiger charge is -2.11. The molecule has 4 heteroatoms. The first-order chi connectivity index (χ1) is 25.3. The highest BCUT2D eigenvalue weighted by atomic mass is 16.3. The van der Waals surface area contributed by atoms with Crippen LogP contribution in [0.1, 0.15) is 0 Å². The molecule has 0 saturated carbocycles. The van der Waals surface area contributed by atoms with E-state index >= 15 is 0 Å². The van der Waals surface area contributed by atoms with E-state index in [0.717, 1.165) is 83.3 Å². The van der Waals surface area contributed by atoms with Crippen molar-refractivity contribution in [2.24, 2.45) is 0 Å². The number of aromatic nitrogens is 3. The van der Waals surface area contributed by atoms with Crippen LogP contribution in [-0.4, -0.2) is 15.0 Å². The normalized spacial score (nSPS) is 11.5.